The second-order valence-electron chi connectivity index (χ2n) is 16.4. The number of rotatable bonds is 3. The summed E-state index contributed by atoms with van der Waals surface area (Å²) in [4.78, 5) is 12.3. The van der Waals surface area contributed by atoms with Crippen LogP contribution in [-0.2, 0) is 28.4 Å². The first-order valence-corrected chi connectivity index (χ1v) is 18.4. The summed E-state index contributed by atoms with van der Waals surface area (Å²) in [5, 5.41) is 8.92. The van der Waals surface area contributed by atoms with E-state index in [4.69, 9.17) is 47.4 Å². The minimum absolute atomic E-state index is 0.144. The topological polar surface area (TPSA) is 134 Å². The molecule has 0 radical (unpaired) electrons. The summed E-state index contributed by atoms with van der Waals surface area (Å²) >= 11 is 0. The van der Waals surface area contributed by atoms with E-state index in [1.807, 2.05) is 13.8 Å². The third-order valence-corrected chi connectivity index (χ3v) is 8.15. The molecule has 2 aliphatic heterocycles. The fourth-order valence-electron chi connectivity index (χ4n) is 5.11. The van der Waals surface area contributed by atoms with Crippen LogP contribution in [0.5, 0.6) is 23.0 Å². The summed E-state index contributed by atoms with van der Waals surface area (Å²) in [6.07, 6.45) is 0.724. The lowest BCUT2D eigenvalue weighted by molar-refractivity contribution is -0.108. The summed E-state index contributed by atoms with van der Waals surface area (Å²) in [6, 6.07) is 8.61. The predicted molar refractivity (Wildman–Crippen MR) is 200 cm³/mol. The van der Waals surface area contributed by atoms with Gasteiger partial charge in [0.25, 0.3) is 0 Å². The molecule has 0 N–H and O–H groups in total. The monoisotopic (exact) mass is 744 g/mol. The largest absolute Gasteiger partial charge is 0.489 e. The number of benzene rings is 2. The third kappa shape index (κ3) is 15.1. The van der Waals surface area contributed by atoms with Crippen molar-refractivity contribution >= 4 is 17.7 Å². The van der Waals surface area contributed by atoms with E-state index in [0.29, 0.717) is 132 Å². The first kappa shape index (κ1) is 42.4. The highest BCUT2D eigenvalue weighted by Gasteiger charge is 2.28. The maximum absolute atomic E-state index is 12.3. The van der Waals surface area contributed by atoms with Gasteiger partial charge in [-0.25, -0.2) is 0 Å². The van der Waals surface area contributed by atoms with Gasteiger partial charge in [0.2, 0.25) is 0 Å². The second kappa shape index (κ2) is 19.8. The van der Waals surface area contributed by atoms with Crippen molar-refractivity contribution < 1.29 is 52.2 Å². The van der Waals surface area contributed by atoms with Gasteiger partial charge in [-0.2, -0.15) is 5.11 Å². The maximum Gasteiger partial charge on any atom is 0.163 e. The Morgan fingerprint density at radius 2 is 1.00 bits per heavy atom. The zero-order valence-electron chi connectivity index (χ0n) is 33.0. The first-order valence-electron chi connectivity index (χ1n) is 18.4. The van der Waals surface area contributed by atoms with Gasteiger partial charge in [-0.3, -0.25) is 4.79 Å². The first-order chi connectivity index (χ1) is 25.2. The van der Waals surface area contributed by atoms with Gasteiger partial charge in [0, 0.05) is 33.9 Å². The molecule has 13 heteroatoms. The number of carbonyl (C=O) groups excluding carboxylic acids is 1. The SMILES string of the molecule is CC1(C)COCCOCCOc2cc(N=Nc3ccc4c(c3)OCCOCCOCC(C)(C)OCC(C)(C)CO4)c(C=O)cc2OCC(C)(C)COC1. The number of aldehydes is 1. The van der Waals surface area contributed by atoms with Gasteiger partial charge in [-0.15, -0.1) is 5.11 Å². The fourth-order valence-corrected chi connectivity index (χ4v) is 5.11. The Labute approximate surface area is 314 Å². The Kier molecular flexibility index (Phi) is 15.9. The molecule has 0 aliphatic carbocycles. The van der Waals surface area contributed by atoms with Crippen LogP contribution < -0.4 is 18.9 Å². The van der Waals surface area contributed by atoms with Gasteiger partial charge in [0.1, 0.15) is 18.9 Å². The van der Waals surface area contributed by atoms with Crippen LogP contribution in [0.25, 0.3) is 0 Å². The Bertz CT molecular complexity index is 1470. The summed E-state index contributed by atoms with van der Waals surface area (Å²) in [6.45, 7) is 22.8. The van der Waals surface area contributed by atoms with Crippen LogP contribution in [0.3, 0.4) is 0 Å². The van der Waals surface area contributed by atoms with Crippen LogP contribution in [0, 0.1) is 16.2 Å². The molecule has 0 unspecified atom stereocenters. The molecule has 53 heavy (non-hydrogen) atoms. The van der Waals surface area contributed by atoms with Gasteiger partial charge in [0.15, 0.2) is 29.3 Å². The zero-order chi connectivity index (χ0) is 38.4. The smallest absolute Gasteiger partial charge is 0.163 e. The summed E-state index contributed by atoms with van der Waals surface area (Å²) in [5.41, 5.74) is -0.0923. The molecular weight excluding hydrogens is 684 g/mol. The Hall–Kier alpha value is -3.33. The average molecular weight is 745 g/mol. The Morgan fingerprint density at radius 1 is 0.491 bits per heavy atom. The number of carbonyl (C=O) groups is 1. The molecule has 0 bridgehead atoms. The highest BCUT2D eigenvalue weighted by atomic mass is 16.6. The molecule has 4 rings (SSSR count). The third-order valence-electron chi connectivity index (χ3n) is 8.15. The fraction of sp³-hybridized carbons (Fsp3) is 0.675. The molecule has 0 atom stereocenters. The molecule has 2 heterocycles. The summed E-state index contributed by atoms with van der Waals surface area (Å²) < 4.78 is 60.0. The van der Waals surface area contributed by atoms with Crippen molar-refractivity contribution in [3.63, 3.8) is 0 Å². The molecule has 0 amide bonds. The molecule has 2 aromatic carbocycles. The molecule has 2 aromatic rings. The van der Waals surface area contributed by atoms with E-state index in [0.717, 1.165) is 6.29 Å². The highest BCUT2D eigenvalue weighted by Crippen LogP contribution is 2.38. The minimum atomic E-state index is -0.446. The lowest BCUT2D eigenvalue weighted by Gasteiger charge is -2.32. The van der Waals surface area contributed by atoms with E-state index in [1.54, 1.807) is 30.3 Å². The molecule has 13 nitrogen and oxygen atoms in total. The van der Waals surface area contributed by atoms with Gasteiger partial charge in [-0.05, 0) is 32.0 Å². The summed E-state index contributed by atoms with van der Waals surface area (Å²) in [7, 11) is 0. The normalized spacial score (nSPS) is 22.3. The van der Waals surface area contributed by atoms with Gasteiger partial charge >= 0.3 is 0 Å². The highest BCUT2D eigenvalue weighted by molar-refractivity contribution is 5.84. The maximum atomic E-state index is 12.3. The van der Waals surface area contributed by atoms with Crippen LogP contribution in [0.2, 0.25) is 0 Å². The van der Waals surface area contributed by atoms with Gasteiger partial charge in [-0.1, -0.05) is 41.5 Å². The van der Waals surface area contributed by atoms with Crippen LogP contribution in [-0.4, -0.2) is 111 Å². The van der Waals surface area contributed by atoms with Gasteiger partial charge in [0.05, 0.1) is 97.2 Å². The predicted octanol–water partition coefficient (Wildman–Crippen LogP) is 7.41. The quantitative estimate of drug-likeness (QED) is 0.230. The van der Waals surface area contributed by atoms with Crippen molar-refractivity contribution in [1.29, 1.82) is 0 Å². The number of ether oxygens (including phenoxy) is 10. The van der Waals surface area contributed by atoms with E-state index in [2.05, 4.69) is 51.8 Å². The average Bonchev–Trinajstić information content (AvgIpc) is 3.10. The van der Waals surface area contributed by atoms with E-state index >= 15 is 0 Å². The van der Waals surface area contributed by atoms with Gasteiger partial charge < -0.3 is 47.4 Å². The van der Waals surface area contributed by atoms with Crippen LogP contribution in [0.1, 0.15) is 65.7 Å². The number of nitrogens with zero attached hydrogens (tertiary/aromatic N) is 2. The van der Waals surface area contributed by atoms with Crippen molar-refractivity contribution in [2.24, 2.45) is 26.5 Å². The second-order valence-corrected chi connectivity index (χ2v) is 16.4. The van der Waals surface area contributed by atoms with Crippen LogP contribution in [0.4, 0.5) is 11.4 Å². The van der Waals surface area contributed by atoms with Crippen molar-refractivity contribution in [1.82, 2.24) is 0 Å². The molecule has 0 spiro atoms. The minimum Gasteiger partial charge on any atom is -0.489 e. The molecule has 0 aromatic heterocycles. The Balaban J connectivity index is 1.54. The number of hydrogen-bond donors (Lipinski definition) is 0. The van der Waals surface area contributed by atoms with Crippen molar-refractivity contribution in [2.45, 2.75) is 61.0 Å². The zero-order valence-corrected chi connectivity index (χ0v) is 33.0. The van der Waals surface area contributed by atoms with Crippen LogP contribution in [0.15, 0.2) is 40.6 Å². The van der Waals surface area contributed by atoms with Crippen molar-refractivity contribution in [2.75, 3.05) is 99.1 Å². The molecule has 296 valence electrons. The lowest BCUT2D eigenvalue weighted by atomic mass is 9.94. The van der Waals surface area contributed by atoms with Crippen LogP contribution >= 0.6 is 0 Å². The number of hydrogen-bond acceptors (Lipinski definition) is 13. The lowest BCUT2D eigenvalue weighted by Crippen LogP contribution is -2.37. The molecule has 2 aliphatic rings. The van der Waals surface area contributed by atoms with E-state index < -0.39 is 5.60 Å². The standard InChI is InChI=1S/C40H60N2O11/c1-37(2)23-46-13-11-44-16-18-50-36-21-32(30(22-43)19-34(36)52-26-38(3,4)25-48-24-37)42-41-31-9-10-33-35(20-31)49-17-15-45-12-14-47-29-40(7,8)53-28-39(5,6)27-51-33/h9-10,19-22H,11-18,23-29H2,1-8H3. The molecule has 0 saturated heterocycles. The number of azo groups is 1. The summed E-state index contributed by atoms with van der Waals surface area (Å²) in [5.74, 6) is 1.88. The molecule has 0 fully saturated rings. The number of fused-ring (bicyclic) bond motifs is 2. The van der Waals surface area contributed by atoms with Crippen molar-refractivity contribution in [3.05, 3.63) is 35.9 Å². The van der Waals surface area contributed by atoms with Crippen molar-refractivity contribution in [3.8, 4) is 23.0 Å². The van der Waals surface area contributed by atoms with E-state index in [9.17, 15) is 4.79 Å². The van der Waals surface area contributed by atoms with E-state index in [1.165, 1.54) is 0 Å². The molecule has 0 saturated carbocycles. The Morgan fingerprint density at radius 3 is 1.66 bits per heavy atom. The van der Waals surface area contributed by atoms with E-state index in [-0.39, 0.29) is 22.9 Å². The molecular formula is C40H60N2O11.